The number of carbonyl (C=O) groups is 2. The Hall–Kier alpha value is -2.93. The topological polar surface area (TPSA) is 62.6 Å². The van der Waals surface area contributed by atoms with E-state index in [0.717, 1.165) is 5.56 Å². The molecule has 5 nitrogen and oxygen atoms in total. The molecule has 0 atom stereocenters. The average molecular weight is 457 g/mol. The van der Waals surface area contributed by atoms with Crippen LogP contribution in [0.2, 0.25) is 10.0 Å². The molecule has 2 amide bonds. The maximum atomic E-state index is 13.1. The van der Waals surface area contributed by atoms with Crippen molar-refractivity contribution in [1.82, 2.24) is 5.32 Å². The molecule has 2 aromatic carbocycles. The predicted molar refractivity (Wildman–Crippen MR) is 122 cm³/mol. The van der Waals surface area contributed by atoms with Crippen LogP contribution >= 0.6 is 35.4 Å². The van der Waals surface area contributed by atoms with Crippen molar-refractivity contribution in [3.05, 3.63) is 81.5 Å². The summed E-state index contributed by atoms with van der Waals surface area (Å²) in [5, 5.41) is 3.34. The lowest BCUT2D eigenvalue weighted by Gasteiger charge is -2.29. The number of nitrogens with one attached hydrogen (secondary N) is 1. The molecular weight excluding hydrogens is 443 g/mol. The Bertz CT molecular complexity index is 1230. The van der Waals surface area contributed by atoms with Crippen molar-refractivity contribution < 1.29 is 14.0 Å². The Kier molecular flexibility index (Phi) is 5.47. The van der Waals surface area contributed by atoms with E-state index in [1.54, 1.807) is 42.5 Å². The van der Waals surface area contributed by atoms with Crippen LogP contribution in [-0.2, 0) is 9.59 Å². The zero-order chi connectivity index (χ0) is 21.4. The minimum Gasteiger partial charge on any atom is -0.457 e. The fraction of sp³-hybridized carbons (Fsp3) is 0.0455. The maximum Gasteiger partial charge on any atom is 0.270 e. The van der Waals surface area contributed by atoms with E-state index in [4.69, 9.17) is 39.8 Å². The molecular formula is C22H14Cl2N2O3S. The first-order valence-corrected chi connectivity index (χ1v) is 10.0. The molecule has 0 aliphatic carbocycles. The van der Waals surface area contributed by atoms with Gasteiger partial charge in [0.25, 0.3) is 11.8 Å². The van der Waals surface area contributed by atoms with Crippen molar-refractivity contribution in [2.24, 2.45) is 0 Å². The fourth-order valence-electron chi connectivity index (χ4n) is 3.10. The lowest BCUT2D eigenvalue weighted by molar-refractivity contribution is -0.122. The zero-order valence-electron chi connectivity index (χ0n) is 15.6. The van der Waals surface area contributed by atoms with Crippen LogP contribution in [-0.4, -0.2) is 16.9 Å². The van der Waals surface area contributed by atoms with Gasteiger partial charge >= 0.3 is 0 Å². The molecule has 1 aliphatic heterocycles. The van der Waals surface area contributed by atoms with E-state index in [1.165, 1.54) is 11.0 Å². The van der Waals surface area contributed by atoms with Crippen molar-refractivity contribution in [3.8, 4) is 11.3 Å². The summed E-state index contributed by atoms with van der Waals surface area (Å²) >= 11 is 17.5. The van der Waals surface area contributed by atoms with Gasteiger partial charge in [0.1, 0.15) is 17.1 Å². The number of furan rings is 1. The second-order valence-electron chi connectivity index (χ2n) is 6.55. The Morgan fingerprint density at radius 3 is 2.57 bits per heavy atom. The number of hydrogen-bond donors (Lipinski definition) is 1. The summed E-state index contributed by atoms with van der Waals surface area (Å²) in [5.74, 6) is -0.341. The van der Waals surface area contributed by atoms with Crippen LogP contribution in [0.5, 0.6) is 0 Å². The Labute approximate surface area is 187 Å². The lowest BCUT2D eigenvalue weighted by atomic mass is 10.1. The molecule has 8 heteroatoms. The Morgan fingerprint density at radius 2 is 1.80 bits per heavy atom. The number of benzene rings is 2. The van der Waals surface area contributed by atoms with E-state index in [-0.39, 0.29) is 10.7 Å². The summed E-state index contributed by atoms with van der Waals surface area (Å²) in [5.41, 5.74) is 1.96. The van der Waals surface area contributed by atoms with Crippen LogP contribution in [0.3, 0.4) is 0 Å². The minimum absolute atomic E-state index is 0.0299. The number of thiocarbonyl (C=S) groups is 1. The van der Waals surface area contributed by atoms with E-state index in [9.17, 15) is 9.59 Å². The van der Waals surface area contributed by atoms with Gasteiger partial charge < -0.3 is 4.42 Å². The normalized spacial score (nSPS) is 15.6. The van der Waals surface area contributed by atoms with Gasteiger partial charge in [-0.1, -0.05) is 47.5 Å². The van der Waals surface area contributed by atoms with E-state index >= 15 is 0 Å². The maximum absolute atomic E-state index is 13.1. The molecule has 1 N–H and O–H groups in total. The second kappa shape index (κ2) is 8.07. The number of rotatable bonds is 3. The van der Waals surface area contributed by atoms with Gasteiger partial charge in [0.2, 0.25) is 0 Å². The summed E-state index contributed by atoms with van der Waals surface area (Å²) in [7, 11) is 0. The summed E-state index contributed by atoms with van der Waals surface area (Å²) in [6.45, 7) is 1.86. The van der Waals surface area contributed by atoms with E-state index < -0.39 is 11.8 Å². The molecule has 30 heavy (non-hydrogen) atoms. The van der Waals surface area contributed by atoms with Gasteiger partial charge in [-0.05, 0) is 61.1 Å². The quantitative estimate of drug-likeness (QED) is 0.325. The SMILES string of the molecule is Cc1ccccc1N1C(=O)/C(=C\c2ccc(-c3cccc(Cl)c3Cl)o2)C(=O)NC1=S. The monoisotopic (exact) mass is 456 g/mol. The van der Waals surface area contributed by atoms with Crippen molar-refractivity contribution in [2.75, 3.05) is 4.90 Å². The van der Waals surface area contributed by atoms with E-state index in [2.05, 4.69) is 5.32 Å². The van der Waals surface area contributed by atoms with Crippen LogP contribution in [0.4, 0.5) is 5.69 Å². The summed E-state index contributed by atoms with van der Waals surface area (Å²) in [6, 6.07) is 15.8. The van der Waals surface area contributed by atoms with Crippen LogP contribution in [0, 0.1) is 6.92 Å². The lowest BCUT2D eigenvalue weighted by Crippen LogP contribution is -2.54. The molecule has 0 saturated carbocycles. The number of carbonyl (C=O) groups excluding carboxylic acids is 2. The number of amides is 2. The van der Waals surface area contributed by atoms with Gasteiger partial charge in [-0.15, -0.1) is 0 Å². The van der Waals surface area contributed by atoms with Gasteiger partial charge in [0.15, 0.2) is 5.11 Å². The van der Waals surface area contributed by atoms with Crippen LogP contribution in [0.25, 0.3) is 17.4 Å². The number of nitrogens with zero attached hydrogens (tertiary/aromatic N) is 1. The fourth-order valence-corrected chi connectivity index (χ4v) is 3.77. The smallest absolute Gasteiger partial charge is 0.270 e. The number of anilines is 1. The zero-order valence-corrected chi connectivity index (χ0v) is 17.9. The van der Waals surface area contributed by atoms with Gasteiger partial charge in [-0.3, -0.25) is 19.8 Å². The number of hydrogen-bond acceptors (Lipinski definition) is 4. The summed E-state index contributed by atoms with van der Waals surface area (Å²) < 4.78 is 5.79. The third-order valence-corrected chi connectivity index (χ3v) is 5.69. The van der Waals surface area contributed by atoms with E-state index in [1.807, 2.05) is 19.1 Å². The molecule has 1 aliphatic rings. The number of halogens is 2. The molecule has 150 valence electrons. The molecule has 3 aromatic rings. The summed E-state index contributed by atoms with van der Waals surface area (Å²) in [4.78, 5) is 26.9. The molecule has 0 unspecified atom stereocenters. The first-order chi connectivity index (χ1) is 14.4. The molecule has 2 heterocycles. The Morgan fingerprint density at radius 1 is 1.03 bits per heavy atom. The number of para-hydroxylation sites is 1. The van der Waals surface area contributed by atoms with Crippen molar-refractivity contribution in [1.29, 1.82) is 0 Å². The van der Waals surface area contributed by atoms with Crippen molar-refractivity contribution >= 4 is 64.1 Å². The highest BCUT2D eigenvalue weighted by molar-refractivity contribution is 7.80. The van der Waals surface area contributed by atoms with E-state index in [0.29, 0.717) is 32.8 Å². The van der Waals surface area contributed by atoms with Gasteiger partial charge in [-0.2, -0.15) is 0 Å². The molecule has 4 rings (SSSR count). The summed E-state index contributed by atoms with van der Waals surface area (Å²) in [6.07, 6.45) is 1.38. The highest BCUT2D eigenvalue weighted by Crippen LogP contribution is 2.35. The van der Waals surface area contributed by atoms with Crippen LogP contribution in [0.1, 0.15) is 11.3 Å². The number of aryl methyl sites for hydroxylation is 1. The Balaban J connectivity index is 1.71. The standard InChI is InChI=1S/C22H14Cl2N2O3S/c1-12-5-2-3-8-17(12)26-21(28)15(20(27)25-22(26)30)11-13-9-10-18(29-13)14-6-4-7-16(23)19(14)24/h2-11H,1H3,(H,25,27,30)/b15-11-. The van der Waals surface area contributed by atoms with Gasteiger partial charge in [0.05, 0.1) is 15.7 Å². The first-order valence-electron chi connectivity index (χ1n) is 8.88. The molecule has 1 saturated heterocycles. The molecule has 0 spiro atoms. The van der Waals surface area contributed by atoms with Crippen molar-refractivity contribution in [2.45, 2.75) is 6.92 Å². The first kappa shape index (κ1) is 20.3. The van der Waals surface area contributed by atoms with Crippen LogP contribution < -0.4 is 10.2 Å². The minimum atomic E-state index is -0.589. The highest BCUT2D eigenvalue weighted by atomic mass is 35.5. The third-order valence-electron chi connectivity index (χ3n) is 4.59. The average Bonchev–Trinajstić information content (AvgIpc) is 3.17. The molecule has 1 aromatic heterocycles. The largest absolute Gasteiger partial charge is 0.457 e. The van der Waals surface area contributed by atoms with Crippen LogP contribution in [0.15, 0.2) is 64.6 Å². The highest BCUT2D eigenvalue weighted by Gasteiger charge is 2.35. The third kappa shape index (κ3) is 3.65. The molecule has 0 radical (unpaired) electrons. The van der Waals surface area contributed by atoms with Crippen molar-refractivity contribution in [3.63, 3.8) is 0 Å². The van der Waals surface area contributed by atoms with Gasteiger partial charge in [-0.25, -0.2) is 0 Å². The second-order valence-corrected chi connectivity index (χ2v) is 7.72. The predicted octanol–water partition coefficient (Wildman–Crippen LogP) is 5.39. The molecule has 0 bridgehead atoms. The van der Waals surface area contributed by atoms with Gasteiger partial charge in [0, 0.05) is 5.56 Å². The molecule has 1 fully saturated rings.